The summed E-state index contributed by atoms with van der Waals surface area (Å²) in [6.45, 7) is 6.91. The Kier molecular flexibility index (Phi) is 47.2. The van der Waals surface area contributed by atoms with Crippen molar-refractivity contribution >= 4 is 19.7 Å². The summed E-state index contributed by atoms with van der Waals surface area (Å²) in [5.41, 5.74) is 0. The molecule has 1 amide bonds. The number of hydrogen-bond donors (Lipinski definition) is 2. The molecule has 0 aromatic carbocycles. The molecule has 0 fully saturated rings. The number of allylic oxidation sites excluding steroid dienone is 11. The van der Waals surface area contributed by atoms with Crippen LogP contribution < -0.4 is 5.32 Å². The van der Waals surface area contributed by atoms with Gasteiger partial charge >= 0.3 is 13.8 Å². The first-order chi connectivity index (χ1) is 33.4. The quantitative estimate of drug-likeness (QED) is 0.0205. The van der Waals surface area contributed by atoms with E-state index in [1.165, 1.54) is 109 Å². The van der Waals surface area contributed by atoms with Gasteiger partial charge in [0.15, 0.2) is 0 Å². The summed E-state index contributed by atoms with van der Waals surface area (Å²) in [6.07, 6.45) is 61.9. The van der Waals surface area contributed by atoms with E-state index in [-0.39, 0.29) is 25.5 Å². The van der Waals surface area contributed by atoms with E-state index in [1.807, 2.05) is 39.4 Å². The highest BCUT2D eigenvalue weighted by atomic mass is 31.2. The van der Waals surface area contributed by atoms with Crippen LogP contribution in [-0.2, 0) is 27.9 Å². The van der Waals surface area contributed by atoms with Gasteiger partial charge in [0.1, 0.15) is 19.3 Å². The van der Waals surface area contributed by atoms with Gasteiger partial charge in [0, 0.05) is 12.8 Å². The van der Waals surface area contributed by atoms with E-state index < -0.39 is 25.9 Å². The van der Waals surface area contributed by atoms with Crippen LogP contribution in [0, 0.1) is 0 Å². The Bertz CT molecular complexity index is 1420. The number of nitrogens with zero attached hydrogens (tertiary/aromatic N) is 1. The van der Waals surface area contributed by atoms with Crippen LogP contribution in [0.25, 0.3) is 0 Å². The zero-order valence-electron chi connectivity index (χ0n) is 45.5. The van der Waals surface area contributed by atoms with E-state index in [4.69, 9.17) is 13.8 Å². The van der Waals surface area contributed by atoms with Crippen molar-refractivity contribution in [2.24, 2.45) is 0 Å². The fourth-order valence-electron chi connectivity index (χ4n) is 7.70. The lowest BCUT2D eigenvalue weighted by molar-refractivity contribution is -0.870. The molecule has 0 bridgehead atoms. The number of unbranched alkanes of at least 4 members (excludes halogenated alkanes) is 24. The highest BCUT2D eigenvalue weighted by Gasteiger charge is 2.30. The Morgan fingerprint density at radius 2 is 0.899 bits per heavy atom. The van der Waals surface area contributed by atoms with Crippen LogP contribution in [-0.4, -0.2) is 74.3 Å². The van der Waals surface area contributed by atoms with E-state index in [2.05, 4.69) is 80.8 Å². The molecule has 0 rings (SSSR count). The normalized spacial score (nSPS) is 14.4. The van der Waals surface area contributed by atoms with E-state index in [1.54, 1.807) is 0 Å². The summed E-state index contributed by atoms with van der Waals surface area (Å²) in [7, 11) is 1.45. The maximum Gasteiger partial charge on any atom is 0.472 e. The number of rotatable bonds is 50. The lowest BCUT2D eigenvalue weighted by Crippen LogP contribution is -2.47. The predicted molar refractivity (Wildman–Crippen MR) is 295 cm³/mol. The number of nitrogens with one attached hydrogen (secondary N) is 1. The van der Waals surface area contributed by atoms with Crippen LogP contribution in [0.3, 0.4) is 0 Å². The van der Waals surface area contributed by atoms with Crippen molar-refractivity contribution in [3.05, 3.63) is 72.9 Å². The Morgan fingerprint density at radius 3 is 1.38 bits per heavy atom. The Morgan fingerprint density at radius 1 is 0.507 bits per heavy atom. The van der Waals surface area contributed by atoms with E-state index in [0.29, 0.717) is 23.9 Å². The van der Waals surface area contributed by atoms with Gasteiger partial charge in [0.05, 0.1) is 33.8 Å². The first kappa shape index (κ1) is 66.5. The molecule has 0 radical (unpaired) electrons. The van der Waals surface area contributed by atoms with Crippen molar-refractivity contribution in [2.75, 3.05) is 40.9 Å². The smallest absolute Gasteiger partial charge is 0.456 e. The van der Waals surface area contributed by atoms with Crippen molar-refractivity contribution in [1.82, 2.24) is 5.32 Å². The maximum atomic E-state index is 13.5. The second kappa shape index (κ2) is 49.0. The third-order valence-electron chi connectivity index (χ3n) is 12.1. The zero-order valence-corrected chi connectivity index (χ0v) is 46.4. The molecule has 0 saturated heterocycles. The molecular weight excluding hydrogens is 880 g/mol. The minimum atomic E-state index is -4.46. The number of phosphoric ester groups is 1. The SMILES string of the molecule is CCCCC/C=C\C/C=C\C/C=C\CCCCCCCCC(=O)NC(COP(=O)(O)OCC[N+](C)(C)C)C(/C=C\CCCCCCCCCCC)OC(=O)CC/C=C/C/C=C\CCCCCCCC. The lowest BCUT2D eigenvalue weighted by atomic mass is 10.1. The van der Waals surface area contributed by atoms with Crippen molar-refractivity contribution in [3.8, 4) is 0 Å². The molecule has 3 unspecified atom stereocenters. The molecule has 2 N–H and O–H groups in total. The topological polar surface area (TPSA) is 111 Å². The molecule has 0 aromatic rings. The average molecular weight is 988 g/mol. The Labute approximate surface area is 425 Å². The monoisotopic (exact) mass is 988 g/mol. The van der Waals surface area contributed by atoms with Crippen LogP contribution in [0.15, 0.2) is 72.9 Å². The van der Waals surface area contributed by atoms with E-state index in [0.717, 1.165) is 89.9 Å². The van der Waals surface area contributed by atoms with Gasteiger partial charge in [-0.2, -0.15) is 0 Å². The third-order valence-corrected chi connectivity index (χ3v) is 13.1. The number of amides is 1. The number of likely N-dealkylation sites (N-methyl/N-ethyl adjacent to an activating group) is 1. The molecule has 0 aliphatic carbocycles. The first-order valence-corrected chi connectivity index (χ1v) is 29.8. The first-order valence-electron chi connectivity index (χ1n) is 28.3. The molecule has 0 aliphatic rings. The number of carbonyl (C=O) groups excluding carboxylic acids is 2. The van der Waals surface area contributed by atoms with Crippen molar-refractivity contribution in [2.45, 2.75) is 251 Å². The number of carbonyl (C=O) groups is 2. The van der Waals surface area contributed by atoms with Crippen LogP contribution in [0.4, 0.5) is 0 Å². The molecule has 0 aromatic heterocycles. The molecule has 10 heteroatoms. The summed E-state index contributed by atoms with van der Waals surface area (Å²) in [5.74, 6) is -0.601. The predicted octanol–water partition coefficient (Wildman–Crippen LogP) is 16.9. The maximum absolute atomic E-state index is 13.5. The van der Waals surface area contributed by atoms with Gasteiger partial charge in [-0.05, 0) is 89.5 Å². The Balaban J connectivity index is 5.39. The molecule has 3 atom stereocenters. The minimum Gasteiger partial charge on any atom is -0.456 e. The zero-order chi connectivity index (χ0) is 50.8. The molecule has 9 nitrogen and oxygen atoms in total. The van der Waals surface area contributed by atoms with Gasteiger partial charge in [0.25, 0.3) is 0 Å². The molecular formula is C59H108N2O7P+. The van der Waals surface area contributed by atoms with Crippen LogP contribution >= 0.6 is 7.82 Å². The minimum absolute atomic E-state index is 0.0274. The lowest BCUT2D eigenvalue weighted by Gasteiger charge is -2.27. The second-order valence-electron chi connectivity index (χ2n) is 20.1. The van der Waals surface area contributed by atoms with Gasteiger partial charge in [0.2, 0.25) is 5.91 Å². The molecule has 0 saturated carbocycles. The Hall–Kier alpha value is -2.55. The van der Waals surface area contributed by atoms with Crippen molar-refractivity contribution < 1.29 is 37.3 Å². The summed E-state index contributed by atoms with van der Waals surface area (Å²) in [4.78, 5) is 37.5. The fraction of sp³-hybridized carbons (Fsp3) is 0.763. The number of quaternary nitrogens is 1. The summed E-state index contributed by atoms with van der Waals surface area (Å²) >= 11 is 0. The van der Waals surface area contributed by atoms with Gasteiger partial charge in [-0.3, -0.25) is 18.6 Å². The van der Waals surface area contributed by atoms with Crippen LogP contribution in [0.1, 0.15) is 239 Å². The standard InChI is InChI=1S/C59H107N2O7P/c1-7-10-13-16-19-22-25-27-28-29-30-31-32-34-36-39-42-45-48-51-58(62)60-56(55-67-69(64,65)66-54-53-61(4,5)6)57(50-47-44-41-38-35-24-21-18-15-12-9-3)68-59(63)52-49-46-43-40-37-33-26-23-20-17-14-11-8-2/h19,22,27-28,30-31,33,37,43,46-47,50,56-57H,7-18,20-21,23-26,29,32,34-36,38-42,44-45,48-49,51-55H2,1-6H3,(H-,60,62,64,65)/p+1/b22-19-,28-27-,31-30-,37-33-,46-43+,50-47-. The second-order valence-corrected chi connectivity index (χ2v) is 21.6. The van der Waals surface area contributed by atoms with Gasteiger partial charge < -0.3 is 19.4 Å². The molecule has 69 heavy (non-hydrogen) atoms. The van der Waals surface area contributed by atoms with E-state index >= 15 is 0 Å². The highest BCUT2D eigenvalue weighted by Crippen LogP contribution is 2.43. The third kappa shape index (κ3) is 50.2. The highest BCUT2D eigenvalue weighted by molar-refractivity contribution is 7.47. The van der Waals surface area contributed by atoms with Gasteiger partial charge in [-0.25, -0.2) is 4.57 Å². The molecule has 0 heterocycles. The number of ether oxygens (including phenoxy) is 1. The summed E-state index contributed by atoms with van der Waals surface area (Å²) < 4.78 is 30.5. The number of hydrogen-bond acceptors (Lipinski definition) is 6. The average Bonchev–Trinajstić information content (AvgIpc) is 3.31. The van der Waals surface area contributed by atoms with E-state index in [9.17, 15) is 19.0 Å². The largest absolute Gasteiger partial charge is 0.472 e. The van der Waals surface area contributed by atoms with Gasteiger partial charge in [-0.1, -0.05) is 210 Å². The summed E-state index contributed by atoms with van der Waals surface area (Å²) in [5, 5.41) is 3.02. The molecule has 400 valence electrons. The number of phosphoric acid groups is 1. The summed E-state index contributed by atoms with van der Waals surface area (Å²) in [6, 6.07) is -0.878. The van der Waals surface area contributed by atoms with Crippen molar-refractivity contribution in [1.29, 1.82) is 0 Å². The fourth-order valence-corrected chi connectivity index (χ4v) is 8.44. The van der Waals surface area contributed by atoms with Crippen LogP contribution in [0.2, 0.25) is 0 Å². The van der Waals surface area contributed by atoms with Crippen LogP contribution in [0.5, 0.6) is 0 Å². The van der Waals surface area contributed by atoms with Crippen molar-refractivity contribution in [3.63, 3.8) is 0 Å². The molecule has 0 spiro atoms. The number of esters is 1. The molecule has 0 aliphatic heterocycles. The van der Waals surface area contributed by atoms with Gasteiger partial charge in [-0.15, -0.1) is 0 Å².